The first-order chi connectivity index (χ1) is 7.58. The summed E-state index contributed by atoms with van der Waals surface area (Å²) in [7, 11) is 2.84. The summed E-state index contributed by atoms with van der Waals surface area (Å²) in [6, 6.07) is 2.91. The van der Waals surface area contributed by atoms with Gasteiger partial charge in [-0.1, -0.05) is 0 Å². The van der Waals surface area contributed by atoms with Crippen LogP contribution in [-0.2, 0) is 4.79 Å². The Morgan fingerprint density at radius 2 is 2.06 bits per heavy atom. The normalized spacial score (nSPS) is 9.75. The lowest BCUT2D eigenvalue weighted by atomic mass is 10.2. The molecule has 4 nitrogen and oxygen atoms in total. The molecule has 0 saturated heterocycles. The third kappa shape index (κ3) is 2.85. The highest BCUT2D eigenvalue weighted by Gasteiger charge is 2.11. The van der Waals surface area contributed by atoms with Crippen molar-refractivity contribution in [3.8, 4) is 11.5 Å². The standard InChI is InChI=1S/C11H14FNO3/c1-7(14)6-13-9-4-8(15-2)5-10(16-3)11(9)12/h4-5,13H,6H2,1-3H3. The molecule has 0 amide bonds. The van der Waals surface area contributed by atoms with E-state index in [4.69, 9.17) is 9.47 Å². The summed E-state index contributed by atoms with van der Waals surface area (Å²) in [6.07, 6.45) is 0. The molecule has 0 unspecified atom stereocenters. The first-order valence-electron chi connectivity index (χ1n) is 4.73. The summed E-state index contributed by atoms with van der Waals surface area (Å²) in [5, 5.41) is 2.68. The van der Waals surface area contributed by atoms with Crippen LogP contribution >= 0.6 is 0 Å². The molecular weight excluding hydrogens is 213 g/mol. The molecule has 1 N–H and O–H groups in total. The third-order valence-corrected chi connectivity index (χ3v) is 2.00. The van der Waals surface area contributed by atoms with E-state index in [1.54, 1.807) is 0 Å². The van der Waals surface area contributed by atoms with Crippen molar-refractivity contribution in [2.24, 2.45) is 0 Å². The van der Waals surface area contributed by atoms with Crippen LogP contribution in [0.4, 0.5) is 10.1 Å². The van der Waals surface area contributed by atoms with Crippen LogP contribution in [0, 0.1) is 5.82 Å². The maximum absolute atomic E-state index is 13.7. The highest BCUT2D eigenvalue weighted by Crippen LogP contribution is 2.30. The Labute approximate surface area is 93.4 Å². The minimum absolute atomic E-state index is 0.0627. The van der Waals surface area contributed by atoms with Crippen molar-refractivity contribution in [3.63, 3.8) is 0 Å². The minimum Gasteiger partial charge on any atom is -0.497 e. The molecule has 0 bridgehead atoms. The van der Waals surface area contributed by atoms with Crippen LogP contribution in [0.3, 0.4) is 0 Å². The molecule has 5 heteroatoms. The van der Waals surface area contributed by atoms with Gasteiger partial charge in [-0.15, -0.1) is 0 Å². The first-order valence-corrected chi connectivity index (χ1v) is 4.73. The number of carbonyl (C=O) groups is 1. The van der Waals surface area contributed by atoms with Gasteiger partial charge in [-0.05, 0) is 6.92 Å². The van der Waals surface area contributed by atoms with E-state index in [9.17, 15) is 9.18 Å². The second kappa shape index (κ2) is 5.34. The van der Waals surface area contributed by atoms with E-state index in [0.29, 0.717) is 5.75 Å². The van der Waals surface area contributed by atoms with Crippen LogP contribution in [0.1, 0.15) is 6.92 Å². The number of Topliss-reactive ketones (excluding diaryl/α,β-unsaturated/α-hetero) is 1. The van der Waals surface area contributed by atoms with E-state index in [1.165, 1.54) is 33.3 Å². The smallest absolute Gasteiger partial charge is 0.188 e. The van der Waals surface area contributed by atoms with E-state index >= 15 is 0 Å². The van der Waals surface area contributed by atoms with Crippen molar-refractivity contribution in [1.82, 2.24) is 0 Å². The van der Waals surface area contributed by atoms with E-state index in [-0.39, 0.29) is 23.8 Å². The Morgan fingerprint density at radius 1 is 1.38 bits per heavy atom. The summed E-state index contributed by atoms with van der Waals surface area (Å²) in [4.78, 5) is 10.8. The fourth-order valence-electron chi connectivity index (χ4n) is 1.19. The summed E-state index contributed by atoms with van der Waals surface area (Å²) >= 11 is 0. The summed E-state index contributed by atoms with van der Waals surface area (Å²) < 4.78 is 23.5. The Kier molecular flexibility index (Phi) is 4.10. The predicted octanol–water partition coefficient (Wildman–Crippen LogP) is 1.84. The number of anilines is 1. The first kappa shape index (κ1) is 12.3. The van der Waals surface area contributed by atoms with Gasteiger partial charge in [-0.3, -0.25) is 4.79 Å². The van der Waals surface area contributed by atoms with E-state index in [1.807, 2.05) is 0 Å². The molecule has 0 saturated carbocycles. The molecule has 0 aliphatic carbocycles. The number of hydrogen-bond donors (Lipinski definition) is 1. The molecule has 1 aromatic rings. The second-order valence-electron chi connectivity index (χ2n) is 3.25. The minimum atomic E-state index is -0.537. The molecule has 88 valence electrons. The molecule has 0 aliphatic heterocycles. The lowest BCUT2D eigenvalue weighted by Gasteiger charge is -2.11. The van der Waals surface area contributed by atoms with Crippen molar-refractivity contribution in [2.75, 3.05) is 26.1 Å². The fraction of sp³-hybridized carbons (Fsp3) is 0.364. The Hall–Kier alpha value is -1.78. The molecule has 0 spiro atoms. The van der Waals surface area contributed by atoms with Crippen LogP contribution in [0.2, 0.25) is 0 Å². The fourth-order valence-corrected chi connectivity index (χ4v) is 1.19. The molecule has 0 aromatic heterocycles. The van der Waals surface area contributed by atoms with Gasteiger partial charge in [0.1, 0.15) is 11.5 Å². The summed E-state index contributed by atoms with van der Waals surface area (Å²) in [5.74, 6) is -0.0829. The zero-order valence-electron chi connectivity index (χ0n) is 9.46. The van der Waals surface area contributed by atoms with Crippen molar-refractivity contribution in [3.05, 3.63) is 17.9 Å². The number of halogens is 1. The third-order valence-electron chi connectivity index (χ3n) is 2.00. The number of rotatable bonds is 5. The molecule has 1 rings (SSSR count). The Bertz CT molecular complexity index is 393. The van der Waals surface area contributed by atoms with Gasteiger partial charge >= 0.3 is 0 Å². The van der Waals surface area contributed by atoms with Crippen LogP contribution < -0.4 is 14.8 Å². The maximum atomic E-state index is 13.7. The average molecular weight is 227 g/mol. The number of carbonyl (C=O) groups excluding carboxylic acids is 1. The summed E-state index contributed by atoms with van der Waals surface area (Å²) in [6.45, 7) is 1.48. The quantitative estimate of drug-likeness (QED) is 0.833. The lowest BCUT2D eigenvalue weighted by Crippen LogP contribution is -2.11. The molecule has 16 heavy (non-hydrogen) atoms. The SMILES string of the molecule is COc1cc(NCC(C)=O)c(F)c(OC)c1. The molecule has 0 fully saturated rings. The number of ketones is 1. The largest absolute Gasteiger partial charge is 0.497 e. The number of nitrogens with one attached hydrogen (secondary N) is 1. The zero-order valence-corrected chi connectivity index (χ0v) is 9.46. The van der Waals surface area contributed by atoms with Gasteiger partial charge in [0.2, 0.25) is 0 Å². The van der Waals surface area contributed by atoms with Crippen LogP contribution in [0.5, 0.6) is 11.5 Å². The number of benzene rings is 1. The number of methoxy groups -OCH3 is 2. The zero-order chi connectivity index (χ0) is 12.1. The van der Waals surface area contributed by atoms with Gasteiger partial charge in [0.25, 0.3) is 0 Å². The highest BCUT2D eigenvalue weighted by atomic mass is 19.1. The molecule has 0 aliphatic rings. The highest BCUT2D eigenvalue weighted by molar-refractivity contribution is 5.80. The van der Waals surface area contributed by atoms with Gasteiger partial charge in [0.05, 0.1) is 26.5 Å². The van der Waals surface area contributed by atoms with Crippen LogP contribution in [-0.4, -0.2) is 26.5 Å². The molecular formula is C11H14FNO3. The average Bonchev–Trinajstić information content (AvgIpc) is 2.27. The topological polar surface area (TPSA) is 47.6 Å². The molecule has 0 heterocycles. The molecule has 0 radical (unpaired) electrons. The van der Waals surface area contributed by atoms with Crippen molar-refractivity contribution in [2.45, 2.75) is 6.92 Å². The number of hydrogen-bond acceptors (Lipinski definition) is 4. The monoisotopic (exact) mass is 227 g/mol. The van der Waals surface area contributed by atoms with Crippen LogP contribution in [0.25, 0.3) is 0 Å². The van der Waals surface area contributed by atoms with E-state index in [0.717, 1.165) is 0 Å². The predicted molar refractivity (Wildman–Crippen MR) is 58.7 cm³/mol. The van der Waals surface area contributed by atoms with Gasteiger partial charge in [-0.25, -0.2) is 4.39 Å². The lowest BCUT2D eigenvalue weighted by molar-refractivity contribution is -0.115. The molecule has 0 atom stereocenters. The number of ether oxygens (including phenoxy) is 2. The van der Waals surface area contributed by atoms with Gasteiger partial charge in [-0.2, -0.15) is 0 Å². The maximum Gasteiger partial charge on any atom is 0.188 e. The van der Waals surface area contributed by atoms with Crippen molar-refractivity contribution >= 4 is 11.5 Å². The van der Waals surface area contributed by atoms with Crippen LogP contribution in [0.15, 0.2) is 12.1 Å². The Balaban J connectivity index is 3.01. The van der Waals surface area contributed by atoms with Gasteiger partial charge < -0.3 is 14.8 Å². The van der Waals surface area contributed by atoms with Crippen molar-refractivity contribution in [1.29, 1.82) is 0 Å². The van der Waals surface area contributed by atoms with E-state index < -0.39 is 5.82 Å². The second-order valence-corrected chi connectivity index (χ2v) is 3.25. The van der Waals surface area contributed by atoms with Gasteiger partial charge in [0.15, 0.2) is 11.6 Å². The van der Waals surface area contributed by atoms with E-state index in [2.05, 4.69) is 5.32 Å². The van der Waals surface area contributed by atoms with Gasteiger partial charge in [0, 0.05) is 12.1 Å². The van der Waals surface area contributed by atoms with Crippen molar-refractivity contribution < 1.29 is 18.7 Å². The Morgan fingerprint density at radius 3 is 2.56 bits per heavy atom. The summed E-state index contributed by atoms with van der Waals surface area (Å²) in [5.41, 5.74) is 0.186. The molecule has 1 aromatic carbocycles.